The molecule has 1 aliphatic rings. The van der Waals surface area contributed by atoms with E-state index in [9.17, 15) is 0 Å². The number of nitrogens with one attached hydrogen (secondary N) is 1. The smallest absolute Gasteiger partial charge is 0.0276 e. The lowest BCUT2D eigenvalue weighted by Gasteiger charge is -2.22. The van der Waals surface area contributed by atoms with Crippen molar-refractivity contribution in [3.05, 3.63) is 88.7 Å². The SMILES string of the molecule is C#CC/C=C1\C(=C/C(=C)C#C)C(C)(C)c2cc(C)ccc21.C/C=C\C=C(/C)NC. The van der Waals surface area contributed by atoms with Crippen molar-refractivity contribution < 1.29 is 0 Å². The van der Waals surface area contributed by atoms with Crippen LogP contribution in [0.1, 0.15) is 50.8 Å². The van der Waals surface area contributed by atoms with Crippen LogP contribution < -0.4 is 5.32 Å². The highest BCUT2D eigenvalue weighted by Gasteiger charge is 2.37. The Kier molecular flexibility index (Phi) is 9.05. The highest BCUT2D eigenvalue weighted by molar-refractivity contribution is 5.90. The van der Waals surface area contributed by atoms with Crippen LogP contribution in [0, 0.1) is 31.6 Å². The summed E-state index contributed by atoms with van der Waals surface area (Å²) in [5.41, 5.74) is 7.98. The Morgan fingerprint density at radius 2 is 1.97 bits per heavy atom. The van der Waals surface area contributed by atoms with Crippen LogP contribution in [0.15, 0.2) is 72.0 Å². The number of hydrogen-bond donors (Lipinski definition) is 1. The second-order valence-electron chi connectivity index (χ2n) is 7.55. The zero-order valence-corrected chi connectivity index (χ0v) is 18.7. The molecule has 0 radical (unpaired) electrons. The summed E-state index contributed by atoms with van der Waals surface area (Å²) in [5.74, 6) is 5.29. The first-order chi connectivity index (χ1) is 13.7. The summed E-state index contributed by atoms with van der Waals surface area (Å²) in [5, 5.41) is 3.01. The lowest BCUT2D eigenvalue weighted by Crippen LogP contribution is -2.15. The maximum Gasteiger partial charge on any atom is 0.0276 e. The Morgan fingerprint density at radius 1 is 1.28 bits per heavy atom. The van der Waals surface area contributed by atoms with E-state index in [0.717, 1.165) is 0 Å². The Balaban J connectivity index is 0.000000447. The van der Waals surface area contributed by atoms with Crippen LogP contribution in [-0.4, -0.2) is 7.05 Å². The third-order valence-electron chi connectivity index (χ3n) is 4.96. The molecule has 1 aromatic rings. The van der Waals surface area contributed by atoms with Gasteiger partial charge in [-0.05, 0) is 55.2 Å². The minimum absolute atomic E-state index is 0.0957. The summed E-state index contributed by atoms with van der Waals surface area (Å²) >= 11 is 0. The van der Waals surface area contributed by atoms with Crippen LogP contribution in [0.3, 0.4) is 0 Å². The molecule has 29 heavy (non-hydrogen) atoms. The quantitative estimate of drug-likeness (QED) is 0.462. The lowest BCUT2D eigenvalue weighted by atomic mass is 9.81. The highest BCUT2D eigenvalue weighted by atomic mass is 14.8. The number of fused-ring (bicyclic) bond motifs is 1. The second kappa shape index (κ2) is 11.0. The molecule has 1 aliphatic carbocycles. The third kappa shape index (κ3) is 6.17. The van der Waals surface area contributed by atoms with Gasteiger partial charge in [-0.15, -0.1) is 18.8 Å². The fraction of sp³-hybridized carbons (Fsp3) is 0.286. The van der Waals surface area contributed by atoms with Crippen molar-refractivity contribution in [3.8, 4) is 24.7 Å². The Morgan fingerprint density at radius 3 is 2.52 bits per heavy atom. The van der Waals surface area contributed by atoms with Gasteiger partial charge in [0.15, 0.2) is 0 Å². The minimum Gasteiger partial charge on any atom is -0.392 e. The zero-order valence-electron chi connectivity index (χ0n) is 18.7. The van der Waals surface area contributed by atoms with Crippen molar-refractivity contribution in [3.63, 3.8) is 0 Å². The molecule has 0 aromatic heterocycles. The molecule has 2 rings (SSSR count). The number of allylic oxidation sites excluding steroid dienone is 9. The number of aryl methyl sites for hydroxylation is 1. The fourth-order valence-electron chi connectivity index (χ4n) is 3.22. The van der Waals surface area contributed by atoms with Crippen molar-refractivity contribution >= 4 is 5.57 Å². The van der Waals surface area contributed by atoms with Crippen molar-refractivity contribution in [2.45, 2.75) is 46.5 Å². The monoisotopic (exact) mass is 383 g/mol. The average Bonchev–Trinajstić information content (AvgIpc) is 2.91. The average molecular weight is 384 g/mol. The van der Waals surface area contributed by atoms with Gasteiger partial charge in [-0.1, -0.05) is 68.3 Å². The summed E-state index contributed by atoms with van der Waals surface area (Å²) in [6, 6.07) is 6.56. The first-order valence-corrected chi connectivity index (χ1v) is 9.83. The van der Waals surface area contributed by atoms with Gasteiger partial charge in [-0.2, -0.15) is 0 Å². The van der Waals surface area contributed by atoms with Gasteiger partial charge in [0.05, 0.1) is 0 Å². The van der Waals surface area contributed by atoms with Gasteiger partial charge in [0, 0.05) is 30.2 Å². The zero-order chi connectivity index (χ0) is 22.0. The molecule has 1 N–H and O–H groups in total. The predicted octanol–water partition coefficient (Wildman–Crippen LogP) is 6.49. The topological polar surface area (TPSA) is 12.0 Å². The Labute approximate surface area is 178 Å². The van der Waals surface area contributed by atoms with Crippen molar-refractivity contribution in [2.24, 2.45) is 0 Å². The van der Waals surface area contributed by atoms with E-state index < -0.39 is 0 Å². The first-order valence-electron chi connectivity index (χ1n) is 9.83. The minimum atomic E-state index is -0.0957. The van der Waals surface area contributed by atoms with Gasteiger partial charge < -0.3 is 5.32 Å². The van der Waals surface area contributed by atoms with E-state index in [1.807, 2.05) is 45.2 Å². The summed E-state index contributed by atoms with van der Waals surface area (Å²) in [4.78, 5) is 0. The number of benzene rings is 1. The van der Waals surface area contributed by atoms with E-state index in [4.69, 9.17) is 12.8 Å². The van der Waals surface area contributed by atoms with E-state index in [-0.39, 0.29) is 5.41 Å². The van der Waals surface area contributed by atoms with E-state index >= 15 is 0 Å². The maximum absolute atomic E-state index is 5.47. The summed E-state index contributed by atoms with van der Waals surface area (Å²) in [7, 11) is 1.91. The summed E-state index contributed by atoms with van der Waals surface area (Å²) in [6.45, 7) is 14.5. The normalized spacial score (nSPS) is 17.3. The molecule has 150 valence electrons. The van der Waals surface area contributed by atoms with Gasteiger partial charge in [-0.3, -0.25) is 0 Å². The van der Waals surface area contributed by atoms with Gasteiger partial charge in [0.25, 0.3) is 0 Å². The molecule has 0 bridgehead atoms. The molecule has 1 nitrogen and oxygen atoms in total. The van der Waals surface area contributed by atoms with E-state index in [1.54, 1.807) is 0 Å². The molecule has 1 aromatic carbocycles. The molecule has 0 amide bonds. The van der Waals surface area contributed by atoms with Crippen LogP contribution in [0.2, 0.25) is 0 Å². The van der Waals surface area contributed by atoms with Gasteiger partial charge in [0.2, 0.25) is 0 Å². The van der Waals surface area contributed by atoms with Crippen LogP contribution in [-0.2, 0) is 5.41 Å². The predicted molar refractivity (Wildman–Crippen MR) is 129 cm³/mol. The highest BCUT2D eigenvalue weighted by Crippen LogP contribution is 2.50. The molecule has 0 fully saturated rings. The molecule has 1 heteroatoms. The largest absolute Gasteiger partial charge is 0.392 e. The first kappa shape index (κ1) is 23.9. The van der Waals surface area contributed by atoms with E-state index in [2.05, 4.69) is 68.8 Å². The van der Waals surface area contributed by atoms with E-state index in [0.29, 0.717) is 12.0 Å². The van der Waals surface area contributed by atoms with Crippen molar-refractivity contribution in [1.29, 1.82) is 0 Å². The van der Waals surface area contributed by atoms with Gasteiger partial charge in [-0.25, -0.2) is 0 Å². The molecule has 0 saturated heterocycles. The molecule has 0 saturated carbocycles. The van der Waals surface area contributed by atoms with Gasteiger partial charge in [0.1, 0.15) is 0 Å². The molecule has 0 spiro atoms. The summed E-state index contributed by atoms with van der Waals surface area (Å²) < 4.78 is 0. The summed E-state index contributed by atoms with van der Waals surface area (Å²) in [6.07, 6.45) is 21.7. The third-order valence-corrected chi connectivity index (χ3v) is 4.96. The molecule has 0 aliphatic heterocycles. The fourth-order valence-corrected chi connectivity index (χ4v) is 3.22. The molecule has 0 heterocycles. The molecule has 0 unspecified atom stereocenters. The lowest BCUT2D eigenvalue weighted by molar-refractivity contribution is 0.660. The number of rotatable bonds is 4. The van der Waals surface area contributed by atoms with E-state index in [1.165, 1.54) is 33.5 Å². The molecule has 0 atom stereocenters. The second-order valence-corrected chi connectivity index (χ2v) is 7.55. The number of terminal acetylenes is 2. The van der Waals surface area contributed by atoms with Gasteiger partial charge >= 0.3 is 0 Å². The Hall–Kier alpha value is -3.16. The van der Waals surface area contributed by atoms with Crippen LogP contribution in [0.4, 0.5) is 0 Å². The Bertz CT molecular complexity index is 947. The van der Waals surface area contributed by atoms with Crippen LogP contribution >= 0.6 is 0 Å². The number of hydrogen-bond acceptors (Lipinski definition) is 1. The molecular formula is C28H33N. The van der Waals surface area contributed by atoms with Crippen molar-refractivity contribution in [2.75, 3.05) is 7.05 Å². The standard InChI is InChI=1S/C21H20.C7H13N/c1-7-9-10-17-18-12-11-16(4)14-20(18)21(5,6)19(17)13-15(3)8-2;1-4-5-6-7(2)8-3/h1-2,10-14H,3,9H2,4-6H3;4-6,8H,1-3H3/b17-10-,19-13+;5-4-,7-6+. The molecular weight excluding hydrogens is 350 g/mol. The van der Waals surface area contributed by atoms with Crippen LogP contribution in [0.5, 0.6) is 0 Å². The van der Waals surface area contributed by atoms with Crippen molar-refractivity contribution in [1.82, 2.24) is 5.32 Å². The maximum atomic E-state index is 5.47. The van der Waals surface area contributed by atoms with Crippen LogP contribution in [0.25, 0.3) is 5.57 Å².